The molecule has 0 radical (unpaired) electrons. The van der Waals surface area contributed by atoms with Gasteiger partial charge in [0.25, 0.3) is 0 Å². The molecule has 0 aliphatic carbocycles. The van der Waals surface area contributed by atoms with Gasteiger partial charge in [-0.15, -0.1) is 0 Å². The number of aromatic nitrogens is 1. The smallest absolute Gasteiger partial charge is 0.339 e. The second-order valence-electron chi connectivity index (χ2n) is 4.72. The van der Waals surface area contributed by atoms with Crippen LogP contribution in [0.3, 0.4) is 0 Å². The molecule has 92 valence electrons. The van der Waals surface area contributed by atoms with Gasteiger partial charge in [0.2, 0.25) is 0 Å². The average molecular weight is 236 g/mol. The molecule has 5 heteroatoms. The molecule has 1 saturated heterocycles. The van der Waals surface area contributed by atoms with Crippen molar-refractivity contribution in [2.75, 3.05) is 18.0 Å². The fourth-order valence-electron chi connectivity index (χ4n) is 2.25. The normalized spacial score (nSPS) is 24.7. The van der Waals surface area contributed by atoms with Crippen LogP contribution in [0, 0.1) is 0 Å². The number of β-amino-alcohol motifs (C(OH)–C–C–N with tert-alkyl or cyclic N) is 1. The Morgan fingerprint density at radius 1 is 1.59 bits per heavy atom. The van der Waals surface area contributed by atoms with Gasteiger partial charge >= 0.3 is 5.97 Å². The summed E-state index contributed by atoms with van der Waals surface area (Å²) in [5, 5.41) is 19.1. The van der Waals surface area contributed by atoms with Crippen LogP contribution in [-0.2, 0) is 0 Å². The maximum absolute atomic E-state index is 11.1. The third kappa shape index (κ3) is 2.55. The lowest BCUT2D eigenvalue weighted by Gasteiger charge is -2.38. The van der Waals surface area contributed by atoms with Crippen molar-refractivity contribution in [2.45, 2.75) is 25.4 Å². The number of nitrogens with zero attached hydrogens (tertiary/aromatic N) is 2. The van der Waals surface area contributed by atoms with Gasteiger partial charge in [0.1, 0.15) is 5.56 Å². The van der Waals surface area contributed by atoms with Gasteiger partial charge in [-0.3, -0.25) is 4.98 Å². The quantitative estimate of drug-likeness (QED) is 0.805. The van der Waals surface area contributed by atoms with Crippen molar-refractivity contribution < 1.29 is 15.0 Å². The van der Waals surface area contributed by atoms with Crippen LogP contribution in [0.2, 0.25) is 0 Å². The lowest BCUT2D eigenvalue weighted by molar-refractivity contribution is 0.0446. The van der Waals surface area contributed by atoms with E-state index >= 15 is 0 Å². The zero-order valence-corrected chi connectivity index (χ0v) is 9.76. The molecule has 1 aromatic heterocycles. The number of pyridine rings is 1. The first-order chi connectivity index (χ1) is 7.99. The van der Waals surface area contributed by atoms with Gasteiger partial charge in [-0.25, -0.2) is 4.79 Å². The molecule has 0 amide bonds. The summed E-state index contributed by atoms with van der Waals surface area (Å²) in [4.78, 5) is 16.8. The van der Waals surface area contributed by atoms with E-state index < -0.39 is 11.6 Å². The first-order valence-corrected chi connectivity index (χ1v) is 5.64. The number of hydrogen-bond acceptors (Lipinski definition) is 4. The van der Waals surface area contributed by atoms with Crippen LogP contribution in [0.25, 0.3) is 0 Å². The third-order valence-corrected chi connectivity index (χ3v) is 3.04. The SMILES string of the molecule is CC1(O)CCCN(c2ccncc2C(=O)O)C1. The number of hydrogen-bond donors (Lipinski definition) is 2. The molecule has 0 spiro atoms. The number of rotatable bonds is 2. The van der Waals surface area contributed by atoms with Crippen molar-refractivity contribution in [2.24, 2.45) is 0 Å². The molecule has 0 saturated carbocycles. The van der Waals surface area contributed by atoms with E-state index in [4.69, 9.17) is 5.11 Å². The molecule has 1 aromatic rings. The fraction of sp³-hybridized carbons (Fsp3) is 0.500. The summed E-state index contributed by atoms with van der Waals surface area (Å²) in [5.74, 6) is -0.988. The number of aliphatic hydroxyl groups is 1. The molecule has 0 bridgehead atoms. The molecule has 0 aromatic carbocycles. The average Bonchev–Trinajstić information content (AvgIpc) is 2.27. The zero-order chi connectivity index (χ0) is 12.5. The minimum absolute atomic E-state index is 0.185. The van der Waals surface area contributed by atoms with Crippen LogP contribution in [-0.4, -0.2) is 39.9 Å². The van der Waals surface area contributed by atoms with Crippen molar-refractivity contribution in [1.82, 2.24) is 4.98 Å². The molecule has 2 N–H and O–H groups in total. The summed E-state index contributed by atoms with van der Waals surface area (Å²) >= 11 is 0. The highest BCUT2D eigenvalue weighted by Crippen LogP contribution is 2.27. The number of carboxylic acid groups (broad SMARTS) is 1. The predicted octanol–water partition coefficient (Wildman–Crippen LogP) is 1.13. The summed E-state index contributed by atoms with van der Waals surface area (Å²) in [7, 11) is 0. The summed E-state index contributed by atoms with van der Waals surface area (Å²) in [6.45, 7) is 3.00. The van der Waals surface area contributed by atoms with Crippen molar-refractivity contribution >= 4 is 11.7 Å². The van der Waals surface area contributed by atoms with Crippen LogP contribution >= 0.6 is 0 Å². The van der Waals surface area contributed by atoms with Gasteiger partial charge in [0.15, 0.2) is 0 Å². The van der Waals surface area contributed by atoms with E-state index in [1.54, 1.807) is 19.2 Å². The molecular formula is C12H16N2O3. The molecule has 2 rings (SSSR count). The summed E-state index contributed by atoms with van der Waals surface area (Å²) < 4.78 is 0. The molecule has 1 aliphatic rings. The molecule has 17 heavy (non-hydrogen) atoms. The maximum atomic E-state index is 11.1. The van der Waals surface area contributed by atoms with Crippen LogP contribution in [0.15, 0.2) is 18.5 Å². The Morgan fingerprint density at radius 2 is 2.35 bits per heavy atom. The first-order valence-electron chi connectivity index (χ1n) is 5.64. The number of anilines is 1. The van der Waals surface area contributed by atoms with Crippen molar-refractivity contribution in [1.29, 1.82) is 0 Å². The lowest BCUT2D eigenvalue weighted by Crippen LogP contribution is -2.46. The second kappa shape index (κ2) is 4.33. The van der Waals surface area contributed by atoms with Crippen LogP contribution in [0.4, 0.5) is 5.69 Å². The Hall–Kier alpha value is -1.62. The van der Waals surface area contributed by atoms with E-state index in [0.717, 1.165) is 19.4 Å². The van der Waals surface area contributed by atoms with Gasteiger partial charge in [-0.05, 0) is 25.8 Å². The van der Waals surface area contributed by atoms with Gasteiger partial charge in [-0.2, -0.15) is 0 Å². The largest absolute Gasteiger partial charge is 0.478 e. The number of carboxylic acids is 1. The number of carbonyl (C=O) groups is 1. The summed E-state index contributed by atoms with van der Waals surface area (Å²) in [6, 6.07) is 1.69. The minimum Gasteiger partial charge on any atom is -0.478 e. The summed E-state index contributed by atoms with van der Waals surface area (Å²) in [6.07, 6.45) is 4.53. The topological polar surface area (TPSA) is 73.7 Å². The molecular weight excluding hydrogens is 220 g/mol. The van der Waals surface area contributed by atoms with Gasteiger partial charge < -0.3 is 15.1 Å². The van der Waals surface area contributed by atoms with Crippen molar-refractivity contribution in [3.63, 3.8) is 0 Å². The van der Waals surface area contributed by atoms with E-state index in [2.05, 4.69) is 4.98 Å². The van der Waals surface area contributed by atoms with Crippen molar-refractivity contribution in [3.8, 4) is 0 Å². The molecule has 1 fully saturated rings. The van der Waals surface area contributed by atoms with Crippen LogP contribution in [0.1, 0.15) is 30.1 Å². The number of piperidine rings is 1. The zero-order valence-electron chi connectivity index (χ0n) is 9.76. The molecule has 1 unspecified atom stereocenters. The standard InChI is InChI=1S/C12H16N2O3/c1-12(17)4-2-6-14(8-12)10-3-5-13-7-9(10)11(15)16/h3,5,7,17H,2,4,6,8H2,1H3,(H,15,16). The van der Waals surface area contributed by atoms with E-state index in [1.165, 1.54) is 6.20 Å². The second-order valence-corrected chi connectivity index (χ2v) is 4.72. The van der Waals surface area contributed by atoms with Gasteiger partial charge in [0, 0.05) is 25.5 Å². The Labute approximate surface area is 99.7 Å². The van der Waals surface area contributed by atoms with Crippen LogP contribution in [0.5, 0.6) is 0 Å². The Kier molecular flexibility index (Phi) is 3.02. The van der Waals surface area contributed by atoms with E-state index in [-0.39, 0.29) is 5.56 Å². The molecule has 5 nitrogen and oxygen atoms in total. The monoisotopic (exact) mass is 236 g/mol. The van der Waals surface area contributed by atoms with Gasteiger partial charge in [0.05, 0.1) is 11.3 Å². The highest BCUT2D eigenvalue weighted by atomic mass is 16.4. The van der Waals surface area contributed by atoms with Crippen LogP contribution < -0.4 is 4.90 Å². The lowest BCUT2D eigenvalue weighted by atomic mass is 9.94. The van der Waals surface area contributed by atoms with E-state index in [9.17, 15) is 9.90 Å². The molecule has 1 atom stereocenters. The molecule has 2 heterocycles. The van der Waals surface area contributed by atoms with Gasteiger partial charge in [-0.1, -0.05) is 0 Å². The Bertz CT molecular complexity index is 432. The maximum Gasteiger partial charge on any atom is 0.339 e. The van der Waals surface area contributed by atoms with E-state index in [1.807, 2.05) is 4.90 Å². The fourth-order valence-corrected chi connectivity index (χ4v) is 2.25. The summed E-state index contributed by atoms with van der Waals surface area (Å²) in [5.41, 5.74) is 0.0646. The predicted molar refractivity (Wildman–Crippen MR) is 63.3 cm³/mol. The number of aromatic carboxylic acids is 1. The minimum atomic E-state index is -0.988. The third-order valence-electron chi connectivity index (χ3n) is 3.04. The van der Waals surface area contributed by atoms with Crippen molar-refractivity contribution in [3.05, 3.63) is 24.0 Å². The highest BCUT2D eigenvalue weighted by molar-refractivity contribution is 5.94. The Morgan fingerprint density at radius 3 is 3.00 bits per heavy atom. The first kappa shape index (κ1) is 11.9. The van der Waals surface area contributed by atoms with E-state index in [0.29, 0.717) is 12.2 Å². The molecule has 1 aliphatic heterocycles. The highest BCUT2D eigenvalue weighted by Gasteiger charge is 2.30. The Balaban J connectivity index is 2.30.